The number of carbonyl (C=O) groups excluding carboxylic acids is 1. The van der Waals surface area contributed by atoms with Crippen LogP contribution in [0.3, 0.4) is 0 Å². The molecule has 0 spiro atoms. The van der Waals surface area contributed by atoms with E-state index in [4.69, 9.17) is 4.74 Å². The fourth-order valence-electron chi connectivity index (χ4n) is 2.86. The van der Waals surface area contributed by atoms with E-state index in [-0.39, 0.29) is 5.78 Å². The molecule has 5 nitrogen and oxygen atoms in total. The maximum absolute atomic E-state index is 12.7. The normalized spacial score (nSPS) is 15.2. The number of methoxy groups -OCH3 is 1. The van der Waals surface area contributed by atoms with Crippen molar-refractivity contribution in [3.63, 3.8) is 0 Å². The average Bonchev–Trinajstić information content (AvgIpc) is 3.13. The Morgan fingerprint density at radius 2 is 2.04 bits per heavy atom. The molecule has 0 atom stereocenters. The number of aryl methyl sites for hydroxylation is 1. The van der Waals surface area contributed by atoms with Gasteiger partial charge in [-0.15, -0.1) is 11.3 Å². The standard InChI is InChI=1S/C19H15N3O2S/c1-24-15-5-6-16-12(10-15)3-4-13(17(16)23)9-14-11-25-19(22-14)18-20-7-2-8-21-18/h2,5-11H,3-4H2,1H3/b13-9+. The molecule has 0 radical (unpaired) electrons. The molecular weight excluding hydrogens is 334 g/mol. The van der Waals surface area contributed by atoms with Crippen molar-refractivity contribution in [1.29, 1.82) is 0 Å². The van der Waals surface area contributed by atoms with Gasteiger partial charge in [-0.2, -0.15) is 0 Å². The van der Waals surface area contributed by atoms with Crippen molar-refractivity contribution < 1.29 is 9.53 Å². The molecule has 0 N–H and O–H groups in total. The number of ketones is 1. The van der Waals surface area contributed by atoms with Crippen molar-refractivity contribution in [2.24, 2.45) is 0 Å². The van der Waals surface area contributed by atoms with Crippen molar-refractivity contribution in [3.8, 4) is 16.6 Å². The summed E-state index contributed by atoms with van der Waals surface area (Å²) in [5, 5.41) is 2.68. The van der Waals surface area contributed by atoms with Crippen molar-refractivity contribution in [1.82, 2.24) is 15.0 Å². The van der Waals surface area contributed by atoms with Gasteiger partial charge in [-0.25, -0.2) is 15.0 Å². The van der Waals surface area contributed by atoms with Crippen LogP contribution in [-0.4, -0.2) is 27.8 Å². The Kier molecular flexibility index (Phi) is 4.11. The zero-order chi connectivity index (χ0) is 17.2. The third-order valence-electron chi connectivity index (χ3n) is 4.11. The van der Waals surface area contributed by atoms with Gasteiger partial charge in [0.15, 0.2) is 16.6 Å². The topological polar surface area (TPSA) is 65.0 Å². The lowest BCUT2D eigenvalue weighted by Gasteiger charge is -2.18. The smallest absolute Gasteiger partial charge is 0.189 e. The molecule has 4 rings (SSSR count). The van der Waals surface area contributed by atoms with Crippen LogP contribution >= 0.6 is 11.3 Å². The minimum atomic E-state index is 0.0643. The molecule has 0 bridgehead atoms. The monoisotopic (exact) mass is 349 g/mol. The van der Waals surface area contributed by atoms with Gasteiger partial charge in [-0.05, 0) is 48.7 Å². The summed E-state index contributed by atoms with van der Waals surface area (Å²) in [5.41, 5.74) is 3.34. The Morgan fingerprint density at radius 3 is 2.84 bits per heavy atom. The van der Waals surface area contributed by atoms with Gasteiger partial charge >= 0.3 is 0 Å². The predicted molar refractivity (Wildman–Crippen MR) is 96.8 cm³/mol. The predicted octanol–water partition coefficient (Wildman–Crippen LogP) is 3.82. The van der Waals surface area contributed by atoms with Gasteiger partial charge in [0.1, 0.15) is 5.75 Å². The fourth-order valence-corrected chi connectivity index (χ4v) is 3.58. The number of benzene rings is 1. The van der Waals surface area contributed by atoms with Crippen LogP contribution in [0.2, 0.25) is 0 Å². The summed E-state index contributed by atoms with van der Waals surface area (Å²) < 4.78 is 5.24. The lowest BCUT2D eigenvalue weighted by atomic mass is 9.86. The van der Waals surface area contributed by atoms with E-state index in [1.54, 1.807) is 25.6 Å². The van der Waals surface area contributed by atoms with Crippen LogP contribution in [0.15, 0.2) is 47.6 Å². The number of hydrogen-bond donors (Lipinski definition) is 0. The second-order valence-electron chi connectivity index (χ2n) is 5.67. The number of Topliss-reactive ketones (excluding diaryl/α,β-unsaturated/α-hetero) is 1. The number of hydrogen-bond acceptors (Lipinski definition) is 6. The lowest BCUT2D eigenvalue weighted by Crippen LogP contribution is -2.14. The molecular formula is C19H15N3O2S. The highest BCUT2D eigenvalue weighted by Crippen LogP contribution is 2.30. The van der Waals surface area contributed by atoms with E-state index < -0.39 is 0 Å². The van der Waals surface area contributed by atoms with Crippen LogP contribution < -0.4 is 4.74 Å². The summed E-state index contributed by atoms with van der Waals surface area (Å²) in [6, 6.07) is 7.38. The van der Waals surface area contributed by atoms with Gasteiger partial charge in [0.05, 0.1) is 12.8 Å². The summed E-state index contributed by atoms with van der Waals surface area (Å²) in [5.74, 6) is 1.45. The lowest BCUT2D eigenvalue weighted by molar-refractivity contribution is 0.102. The maximum atomic E-state index is 12.7. The molecule has 0 saturated heterocycles. The minimum absolute atomic E-state index is 0.0643. The molecule has 1 aromatic carbocycles. The van der Waals surface area contributed by atoms with E-state index in [1.807, 2.05) is 29.7 Å². The molecule has 1 aliphatic rings. The van der Waals surface area contributed by atoms with Crippen molar-refractivity contribution >= 4 is 23.2 Å². The van der Waals surface area contributed by atoms with E-state index in [1.165, 1.54) is 11.3 Å². The minimum Gasteiger partial charge on any atom is -0.497 e. The average molecular weight is 349 g/mol. The number of rotatable bonds is 3. The Labute approximate surface area is 149 Å². The first-order valence-electron chi connectivity index (χ1n) is 7.89. The fraction of sp³-hybridized carbons (Fsp3) is 0.158. The van der Waals surface area contributed by atoms with Crippen molar-refractivity contribution in [3.05, 3.63) is 64.4 Å². The third kappa shape index (κ3) is 3.08. The summed E-state index contributed by atoms with van der Waals surface area (Å²) in [6.07, 6.45) is 6.78. The molecule has 3 aromatic rings. The first-order chi connectivity index (χ1) is 12.2. The first kappa shape index (κ1) is 15.7. The third-order valence-corrected chi connectivity index (χ3v) is 4.97. The largest absolute Gasteiger partial charge is 0.497 e. The van der Waals surface area contributed by atoms with E-state index >= 15 is 0 Å². The number of fused-ring (bicyclic) bond motifs is 1. The molecule has 0 aliphatic heterocycles. The highest BCUT2D eigenvalue weighted by Gasteiger charge is 2.22. The summed E-state index contributed by atoms with van der Waals surface area (Å²) >= 11 is 1.47. The highest BCUT2D eigenvalue weighted by molar-refractivity contribution is 7.13. The molecule has 0 amide bonds. The number of nitrogens with zero attached hydrogens (tertiary/aromatic N) is 3. The van der Waals surface area contributed by atoms with Crippen LogP contribution in [0.4, 0.5) is 0 Å². The summed E-state index contributed by atoms with van der Waals surface area (Å²) in [7, 11) is 1.63. The van der Waals surface area contributed by atoms with Crippen LogP contribution in [0.1, 0.15) is 28.0 Å². The number of aromatic nitrogens is 3. The van der Waals surface area contributed by atoms with Crippen molar-refractivity contribution in [2.45, 2.75) is 12.8 Å². The Bertz CT molecular complexity index is 964. The molecule has 25 heavy (non-hydrogen) atoms. The Hall–Kier alpha value is -2.86. The van der Waals surface area contributed by atoms with E-state index in [0.717, 1.165) is 39.6 Å². The molecule has 124 valence electrons. The van der Waals surface area contributed by atoms with E-state index in [9.17, 15) is 4.79 Å². The van der Waals surface area contributed by atoms with Gasteiger partial charge in [-0.3, -0.25) is 4.79 Å². The summed E-state index contributed by atoms with van der Waals surface area (Å²) in [4.78, 5) is 25.7. The maximum Gasteiger partial charge on any atom is 0.189 e. The Balaban J connectivity index is 1.62. The SMILES string of the molecule is COc1ccc2c(c1)CC/C(=C\c1csc(-c3ncccn3)n1)C2=O. The van der Waals surface area contributed by atoms with E-state index in [0.29, 0.717) is 12.2 Å². The molecule has 1 aliphatic carbocycles. The van der Waals surface area contributed by atoms with Gasteiger partial charge in [-0.1, -0.05) is 0 Å². The van der Waals surface area contributed by atoms with E-state index in [2.05, 4.69) is 15.0 Å². The first-order valence-corrected chi connectivity index (χ1v) is 8.77. The van der Waals surface area contributed by atoms with Crippen LogP contribution in [0.25, 0.3) is 16.9 Å². The van der Waals surface area contributed by atoms with Gasteiger partial charge in [0.25, 0.3) is 0 Å². The number of ether oxygens (including phenoxy) is 1. The molecule has 0 fully saturated rings. The van der Waals surface area contributed by atoms with Crippen LogP contribution in [-0.2, 0) is 6.42 Å². The second kappa shape index (κ2) is 6.57. The molecule has 2 aromatic heterocycles. The number of thiazole rings is 1. The van der Waals surface area contributed by atoms with Crippen LogP contribution in [0, 0.1) is 0 Å². The number of carbonyl (C=O) groups is 1. The number of allylic oxidation sites excluding steroid dienone is 1. The Morgan fingerprint density at radius 1 is 1.20 bits per heavy atom. The highest BCUT2D eigenvalue weighted by atomic mass is 32.1. The molecule has 0 saturated carbocycles. The van der Waals surface area contributed by atoms with Gasteiger partial charge < -0.3 is 4.74 Å². The zero-order valence-electron chi connectivity index (χ0n) is 13.6. The zero-order valence-corrected chi connectivity index (χ0v) is 14.4. The quantitative estimate of drug-likeness (QED) is 0.673. The van der Waals surface area contributed by atoms with Gasteiger partial charge in [0, 0.05) is 28.9 Å². The van der Waals surface area contributed by atoms with Gasteiger partial charge in [0.2, 0.25) is 0 Å². The van der Waals surface area contributed by atoms with Crippen LogP contribution in [0.5, 0.6) is 5.75 Å². The van der Waals surface area contributed by atoms with Crippen molar-refractivity contribution in [2.75, 3.05) is 7.11 Å². The molecule has 2 heterocycles. The molecule has 0 unspecified atom stereocenters. The summed E-state index contributed by atoms with van der Waals surface area (Å²) in [6.45, 7) is 0. The second-order valence-corrected chi connectivity index (χ2v) is 6.53. The molecule has 6 heteroatoms.